The molecule has 0 radical (unpaired) electrons. The predicted molar refractivity (Wildman–Crippen MR) is 214 cm³/mol. The van der Waals surface area contributed by atoms with Crippen molar-refractivity contribution in [3.8, 4) is 22.4 Å². The summed E-state index contributed by atoms with van der Waals surface area (Å²) < 4.78 is 0. The number of aryl methyl sites for hydroxylation is 6. The molecule has 0 aliphatic rings. The summed E-state index contributed by atoms with van der Waals surface area (Å²) in [6.45, 7) is 13.5. The van der Waals surface area contributed by atoms with Gasteiger partial charge in [0.15, 0.2) is 5.82 Å². The fraction of sp³-hybridized carbons (Fsp3) is 0.130. The summed E-state index contributed by atoms with van der Waals surface area (Å²) in [5, 5.41) is 0. The summed E-state index contributed by atoms with van der Waals surface area (Å²) in [4.78, 5) is 12.2. The Morgan fingerprint density at radius 2 is 1.00 bits per heavy atom. The Morgan fingerprint density at radius 1 is 0.500 bits per heavy atom. The van der Waals surface area contributed by atoms with Gasteiger partial charge in [-0.3, -0.25) is 9.88 Å². The number of nitrogens with zero attached hydrogens (tertiary/aromatic N) is 3. The Balaban J connectivity index is 1.42. The number of aromatic nitrogens is 2. The average Bonchev–Trinajstić information content (AvgIpc) is 3.12. The van der Waals surface area contributed by atoms with Crippen LogP contribution in [0, 0.1) is 41.5 Å². The fourth-order valence-electron chi connectivity index (χ4n) is 7.72. The summed E-state index contributed by atoms with van der Waals surface area (Å²) in [5.74, 6) is 0.759. The molecule has 7 rings (SSSR count). The van der Waals surface area contributed by atoms with Crippen molar-refractivity contribution in [3.63, 3.8) is 0 Å². The zero-order chi connectivity index (χ0) is 34.8. The van der Waals surface area contributed by atoms with Crippen LogP contribution < -0.4 is 21.3 Å². The molecule has 0 aliphatic carbocycles. The van der Waals surface area contributed by atoms with E-state index in [-0.39, 0.29) is 6.71 Å². The van der Waals surface area contributed by atoms with Gasteiger partial charge < -0.3 is 0 Å². The van der Waals surface area contributed by atoms with Gasteiger partial charge in [0.1, 0.15) is 0 Å². The molecule has 0 bridgehead atoms. The minimum Gasteiger partial charge on any atom is -0.293 e. The average molecular weight is 648 g/mol. The van der Waals surface area contributed by atoms with Crippen LogP contribution in [0.3, 0.4) is 0 Å². The van der Waals surface area contributed by atoms with Crippen molar-refractivity contribution < 1.29 is 0 Å². The molecular weight excluding hydrogens is 605 g/mol. The SMILES string of the molecule is Cc1cc(C)c(B(c2ccc(N(c3cncc(-c4ccccc4)n3)c3ccccc3-c3ccccc3)cc2)c2c(C)cc(C)cc2C)c(C)c1. The molecule has 0 aliphatic heterocycles. The largest absolute Gasteiger partial charge is 0.293 e. The molecule has 0 N–H and O–H groups in total. The molecule has 7 aromatic rings. The molecule has 0 saturated heterocycles. The molecule has 6 aromatic carbocycles. The monoisotopic (exact) mass is 647 g/mol. The van der Waals surface area contributed by atoms with E-state index < -0.39 is 0 Å². The highest BCUT2D eigenvalue weighted by Gasteiger charge is 2.29. The van der Waals surface area contributed by atoms with Crippen molar-refractivity contribution in [2.24, 2.45) is 0 Å². The van der Waals surface area contributed by atoms with Crippen molar-refractivity contribution in [3.05, 3.63) is 179 Å². The quantitative estimate of drug-likeness (QED) is 0.154. The van der Waals surface area contributed by atoms with E-state index in [1.54, 1.807) is 0 Å². The van der Waals surface area contributed by atoms with Crippen molar-refractivity contribution in [1.29, 1.82) is 0 Å². The highest BCUT2D eigenvalue weighted by molar-refractivity contribution is 6.96. The van der Waals surface area contributed by atoms with Crippen LogP contribution in [0.25, 0.3) is 22.4 Å². The van der Waals surface area contributed by atoms with Crippen molar-refractivity contribution in [1.82, 2.24) is 9.97 Å². The van der Waals surface area contributed by atoms with Crippen LogP contribution in [0.15, 0.2) is 146 Å². The maximum atomic E-state index is 5.21. The zero-order valence-corrected chi connectivity index (χ0v) is 29.8. The maximum Gasteiger partial charge on any atom is 0.242 e. The van der Waals surface area contributed by atoms with E-state index in [4.69, 9.17) is 9.97 Å². The lowest BCUT2D eigenvalue weighted by molar-refractivity contribution is 1.13. The molecule has 0 fully saturated rings. The topological polar surface area (TPSA) is 29.0 Å². The molecule has 1 heterocycles. The van der Waals surface area contributed by atoms with Gasteiger partial charge in [-0.1, -0.05) is 165 Å². The second kappa shape index (κ2) is 14.0. The van der Waals surface area contributed by atoms with Gasteiger partial charge in [0.2, 0.25) is 6.71 Å². The van der Waals surface area contributed by atoms with Gasteiger partial charge in [-0.15, -0.1) is 0 Å². The van der Waals surface area contributed by atoms with E-state index >= 15 is 0 Å². The number of hydrogen-bond donors (Lipinski definition) is 0. The Hall–Kier alpha value is -5.74. The lowest BCUT2D eigenvalue weighted by atomic mass is 9.34. The number of hydrogen-bond acceptors (Lipinski definition) is 3. The van der Waals surface area contributed by atoms with Crippen molar-refractivity contribution in [2.75, 3.05) is 4.90 Å². The van der Waals surface area contributed by atoms with E-state index in [1.165, 1.54) is 49.8 Å². The van der Waals surface area contributed by atoms with Crippen LogP contribution >= 0.6 is 0 Å². The lowest BCUT2D eigenvalue weighted by Gasteiger charge is -2.28. The summed E-state index contributed by atoms with van der Waals surface area (Å²) in [5.41, 5.74) is 18.1. The van der Waals surface area contributed by atoms with Gasteiger partial charge in [0, 0.05) is 16.8 Å². The van der Waals surface area contributed by atoms with E-state index in [0.717, 1.165) is 39.6 Å². The van der Waals surface area contributed by atoms with Crippen LogP contribution in [0.4, 0.5) is 17.2 Å². The third kappa shape index (κ3) is 6.49. The molecule has 50 heavy (non-hydrogen) atoms. The first-order valence-electron chi connectivity index (χ1n) is 17.4. The molecular formula is C46H42BN3. The minimum absolute atomic E-state index is 0.0940. The predicted octanol–water partition coefficient (Wildman–Crippen LogP) is 9.65. The number of benzene rings is 6. The van der Waals surface area contributed by atoms with Crippen LogP contribution in [0.1, 0.15) is 33.4 Å². The van der Waals surface area contributed by atoms with E-state index in [9.17, 15) is 0 Å². The molecule has 0 atom stereocenters. The number of rotatable bonds is 8. The van der Waals surface area contributed by atoms with E-state index in [2.05, 4.69) is 162 Å². The number of para-hydroxylation sites is 1. The van der Waals surface area contributed by atoms with Gasteiger partial charge in [-0.05, 0) is 65.3 Å². The molecule has 0 saturated carbocycles. The van der Waals surface area contributed by atoms with Gasteiger partial charge >= 0.3 is 0 Å². The van der Waals surface area contributed by atoms with Crippen LogP contribution in [0.2, 0.25) is 0 Å². The molecule has 4 heteroatoms. The molecule has 0 amide bonds. The van der Waals surface area contributed by atoms with Gasteiger partial charge in [-0.2, -0.15) is 0 Å². The third-order valence-electron chi connectivity index (χ3n) is 9.69. The minimum atomic E-state index is 0.0940. The third-order valence-corrected chi connectivity index (χ3v) is 9.69. The van der Waals surface area contributed by atoms with Gasteiger partial charge in [-0.25, -0.2) is 4.98 Å². The highest BCUT2D eigenvalue weighted by atomic mass is 15.2. The second-order valence-corrected chi connectivity index (χ2v) is 13.5. The second-order valence-electron chi connectivity index (χ2n) is 13.5. The highest BCUT2D eigenvalue weighted by Crippen LogP contribution is 2.40. The summed E-state index contributed by atoms with van der Waals surface area (Å²) >= 11 is 0. The normalized spacial score (nSPS) is 11.0. The maximum absolute atomic E-state index is 5.21. The van der Waals surface area contributed by atoms with Crippen LogP contribution in [-0.2, 0) is 0 Å². The van der Waals surface area contributed by atoms with E-state index in [0.29, 0.717) is 0 Å². The first-order chi connectivity index (χ1) is 24.3. The lowest BCUT2D eigenvalue weighted by Crippen LogP contribution is -2.55. The van der Waals surface area contributed by atoms with Crippen LogP contribution in [0.5, 0.6) is 0 Å². The zero-order valence-electron chi connectivity index (χ0n) is 29.8. The van der Waals surface area contributed by atoms with E-state index in [1.807, 2.05) is 30.6 Å². The Labute approximate surface area is 297 Å². The molecule has 244 valence electrons. The van der Waals surface area contributed by atoms with Crippen molar-refractivity contribution >= 4 is 40.3 Å². The number of anilines is 3. The summed E-state index contributed by atoms with van der Waals surface area (Å²) in [6.07, 6.45) is 3.70. The smallest absolute Gasteiger partial charge is 0.242 e. The first-order valence-corrected chi connectivity index (χ1v) is 17.4. The Morgan fingerprint density at radius 3 is 1.56 bits per heavy atom. The Bertz CT molecular complexity index is 2170. The Kier molecular flexibility index (Phi) is 9.19. The first kappa shape index (κ1) is 32.8. The molecule has 1 aromatic heterocycles. The molecule has 0 spiro atoms. The summed E-state index contributed by atoms with van der Waals surface area (Å²) in [7, 11) is 0. The van der Waals surface area contributed by atoms with Gasteiger partial charge in [0.05, 0.1) is 23.8 Å². The summed E-state index contributed by atoms with van der Waals surface area (Å²) in [6, 6.07) is 47.8. The van der Waals surface area contributed by atoms with Gasteiger partial charge in [0.25, 0.3) is 0 Å². The molecule has 3 nitrogen and oxygen atoms in total. The van der Waals surface area contributed by atoms with Crippen LogP contribution in [-0.4, -0.2) is 16.7 Å². The van der Waals surface area contributed by atoms with Crippen molar-refractivity contribution in [2.45, 2.75) is 41.5 Å². The fourth-order valence-corrected chi connectivity index (χ4v) is 7.72. The standard InChI is InChI=1S/C46H42BN3/c1-31-25-33(3)45(34(4)26-31)47(46-35(5)27-32(2)28-36(46)6)39-21-23-40(24-22-39)50(43-20-14-13-19-41(43)37-15-9-7-10-16-37)44-30-48-29-42(49-44)38-17-11-8-12-18-38/h7-30H,1-6H3. The molecule has 0 unspecified atom stereocenters.